The number of benzene rings is 6. The minimum absolute atomic E-state index is 0.000910. The molecule has 12 heteroatoms. The molecule has 6 nitrogen and oxygen atoms in total. The van der Waals surface area contributed by atoms with Crippen LogP contribution in [0.1, 0.15) is 22.3 Å². The molecule has 0 saturated heterocycles. The van der Waals surface area contributed by atoms with Gasteiger partial charge in [0.15, 0.2) is 17.5 Å². The van der Waals surface area contributed by atoms with Gasteiger partial charge in [0.05, 0.1) is 45.4 Å². The average molecular weight is 737 g/mol. The van der Waals surface area contributed by atoms with Crippen molar-refractivity contribution in [1.29, 1.82) is 10.5 Å². The van der Waals surface area contributed by atoms with Gasteiger partial charge in [-0.1, -0.05) is 72.8 Å². The van der Waals surface area contributed by atoms with Gasteiger partial charge in [-0.2, -0.15) is 36.9 Å². The van der Waals surface area contributed by atoms with E-state index < -0.39 is 29.0 Å². The molecule has 0 fully saturated rings. The molecular formula is C43H22F6N6. The summed E-state index contributed by atoms with van der Waals surface area (Å²) in [6.07, 6.45) is -10.2. The van der Waals surface area contributed by atoms with Gasteiger partial charge in [0.25, 0.3) is 0 Å². The summed E-state index contributed by atoms with van der Waals surface area (Å²) in [6, 6.07) is 38.1. The summed E-state index contributed by atoms with van der Waals surface area (Å²) < 4.78 is 87.5. The molecule has 2 heterocycles. The van der Waals surface area contributed by atoms with Crippen LogP contribution in [-0.4, -0.2) is 19.5 Å². The topological polar surface area (TPSA) is 91.2 Å². The van der Waals surface area contributed by atoms with Crippen molar-refractivity contribution in [3.8, 4) is 63.1 Å². The van der Waals surface area contributed by atoms with E-state index in [9.17, 15) is 36.9 Å². The number of nitrogens with zero attached hydrogens (tertiary/aromatic N) is 6. The Hall–Kier alpha value is -7.31. The number of aromatic nitrogens is 4. The fourth-order valence-electron chi connectivity index (χ4n) is 6.58. The Morgan fingerprint density at radius 3 is 1.38 bits per heavy atom. The van der Waals surface area contributed by atoms with Gasteiger partial charge in [0.1, 0.15) is 0 Å². The molecule has 0 N–H and O–H groups in total. The summed E-state index contributed by atoms with van der Waals surface area (Å²) >= 11 is 0. The molecule has 0 saturated carbocycles. The first-order valence-corrected chi connectivity index (χ1v) is 16.6. The van der Waals surface area contributed by atoms with Crippen molar-refractivity contribution in [2.24, 2.45) is 0 Å². The molecule has 0 bridgehead atoms. The first-order valence-electron chi connectivity index (χ1n) is 16.6. The first kappa shape index (κ1) is 34.8. The Labute approximate surface area is 308 Å². The van der Waals surface area contributed by atoms with Crippen molar-refractivity contribution in [2.75, 3.05) is 0 Å². The molecule has 0 unspecified atom stereocenters. The van der Waals surface area contributed by atoms with Gasteiger partial charge in [-0.25, -0.2) is 15.0 Å². The van der Waals surface area contributed by atoms with Crippen molar-refractivity contribution in [1.82, 2.24) is 19.5 Å². The van der Waals surface area contributed by atoms with Gasteiger partial charge in [0.2, 0.25) is 0 Å². The Kier molecular flexibility index (Phi) is 8.39. The third-order valence-corrected chi connectivity index (χ3v) is 9.13. The van der Waals surface area contributed by atoms with Crippen LogP contribution in [0.5, 0.6) is 0 Å². The normalized spacial score (nSPS) is 11.8. The first-order chi connectivity index (χ1) is 26.4. The molecule has 2 aromatic heterocycles. The summed E-state index contributed by atoms with van der Waals surface area (Å²) in [6.45, 7) is 0. The van der Waals surface area contributed by atoms with Crippen LogP contribution in [0.25, 0.3) is 72.8 Å². The maximum Gasteiger partial charge on any atom is 0.416 e. The highest BCUT2D eigenvalue weighted by Crippen LogP contribution is 2.43. The highest BCUT2D eigenvalue weighted by atomic mass is 19.4. The van der Waals surface area contributed by atoms with Gasteiger partial charge in [-0.05, 0) is 71.8 Å². The molecule has 0 radical (unpaired) electrons. The quantitative estimate of drug-likeness (QED) is 0.164. The number of rotatable bonds is 5. The minimum Gasteiger partial charge on any atom is -0.309 e. The fraction of sp³-hybridized carbons (Fsp3) is 0.0465. The van der Waals surface area contributed by atoms with Crippen LogP contribution in [-0.2, 0) is 12.4 Å². The van der Waals surface area contributed by atoms with Crippen molar-refractivity contribution in [3.63, 3.8) is 0 Å². The summed E-state index contributed by atoms with van der Waals surface area (Å²) in [4.78, 5) is 14.1. The number of fused-ring (bicyclic) bond motifs is 3. The summed E-state index contributed by atoms with van der Waals surface area (Å²) in [5, 5.41) is 20.9. The van der Waals surface area contributed by atoms with Crippen LogP contribution in [0.4, 0.5) is 26.3 Å². The molecule has 0 aliphatic heterocycles. The van der Waals surface area contributed by atoms with Crippen molar-refractivity contribution >= 4 is 21.8 Å². The largest absolute Gasteiger partial charge is 0.416 e. The minimum atomic E-state index is -5.11. The second-order valence-electron chi connectivity index (χ2n) is 12.6. The maximum absolute atomic E-state index is 14.3. The molecule has 0 spiro atoms. The highest BCUT2D eigenvalue weighted by Gasteiger charge is 2.37. The van der Waals surface area contributed by atoms with Crippen LogP contribution < -0.4 is 0 Å². The van der Waals surface area contributed by atoms with Crippen molar-refractivity contribution < 1.29 is 26.3 Å². The maximum atomic E-state index is 14.3. The smallest absolute Gasteiger partial charge is 0.309 e. The summed E-state index contributed by atoms with van der Waals surface area (Å²) in [5.74, 6) is 0.464. The van der Waals surface area contributed by atoms with E-state index in [0.29, 0.717) is 61.9 Å². The Morgan fingerprint density at radius 2 is 0.927 bits per heavy atom. The molecule has 0 aliphatic rings. The lowest BCUT2D eigenvalue weighted by atomic mass is 9.94. The molecule has 8 rings (SSSR count). The molecular weight excluding hydrogens is 715 g/mol. The molecule has 0 aliphatic carbocycles. The summed E-state index contributed by atoms with van der Waals surface area (Å²) in [7, 11) is 0. The predicted molar refractivity (Wildman–Crippen MR) is 195 cm³/mol. The zero-order chi connectivity index (χ0) is 38.5. The second-order valence-corrected chi connectivity index (χ2v) is 12.6. The van der Waals surface area contributed by atoms with Crippen LogP contribution in [0.2, 0.25) is 0 Å². The molecule has 8 aromatic rings. The van der Waals surface area contributed by atoms with Gasteiger partial charge in [-0.3, -0.25) is 0 Å². The third-order valence-electron chi connectivity index (χ3n) is 9.13. The Balaban J connectivity index is 1.48. The Bertz CT molecular complexity index is 2710. The van der Waals surface area contributed by atoms with Crippen molar-refractivity contribution in [3.05, 3.63) is 156 Å². The number of nitriles is 2. The van der Waals surface area contributed by atoms with Crippen LogP contribution >= 0.6 is 0 Å². The number of hydrogen-bond acceptors (Lipinski definition) is 5. The van der Waals surface area contributed by atoms with Gasteiger partial charge in [0, 0.05) is 33.2 Å². The van der Waals surface area contributed by atoms with E-state index in [1.54, 1.807) is 108 Å². The van der Waals surface area contributed by atoms with Crippen LogP contribution in [0.15, 0.2) is 133 Å². The van der Waals surface area contributed by atoms with E-state index in [1.165, 1.54) is 12.1 Å². The third kappa shape index (κ3) is 6.51. The standard InChI is InChI=1S/C43H22F6N6/c44-42(45,46)30-19-29(20-31(21-30)43(47,48)49)36-22-32(55-37-17-25(23-50)11-14-33(37)34-15-12-26(24-51)18-38(34)55)13-16-35(36)41-53-39(27-7-3-1-4-8-27)52-40(54-41)28-9-5-2-6-10-28/h1-22H. The SMILES string of the molecule is N#Cc1ccc2c3ccc(C#N)cc3n(-c3ccc(-c4nc(-c5ccccc5)nc(-c5ccccc5)n4)c(-c4cc(C(F)(F)F)cc(C(F)(F)F)c4)c3)c2c1. The molecule has 266 valence electrons. The predicted octanol–water partition coefficient (Wildman–Crippen LogP) is 11.4. The molecule has 0 amide bonds. The lowest BCUT2D eigenvalue weighted by Gasteiger charge is -2.18. The van der Waals surface area contributed by atoms with E-state index in [-0.39, 0.29) is 34.7 Å². The van der Waals surface area contributed by atoms with Crippen molar-refractivity contribution in [2.45, 2.75) is 12.4 Å². The van der Waals surface area contributed by atoms with Gasteiger partial charge >= 0.3 is 12.4 Å². The lowest BCUT2D eigenvalue weighted by Crippen LogP contribution is -2.11. The van der Waals surface area contributed by atoms with E-state index in [2.05, 4.69) is 17.1 Å². The van der Waals surface area contributed by atoms with Crippen LogP contribution in [0, 0.1) is 22.7 Å². The van der Waals surface area contributed by atoms with E-state index in [1.807, 2.05) is 0 Å². The molecule has 6 aromatic carbocycles. The summed E-state index contributed by atoms with van der Waals surface area (Å²) in [5.41, 5.74) is -0.0663. The zero-order valence-corrected chi connectivity index (χ0v) is 28.2. The molecule has 55 heavy (non-hydrogen) atoms. The Morgan fingerprint density at radius 1 is 0.455 bits per heavy atom. The fourth-order valence-corrected chi connectivity index (χ4v) is 6.58. The van der Waals surface area contributed by atoms with E-state index in [0.717, 1.165) is 0 Å². The highest BCUT2D eigenvalue weighted by molar-refractivity contribution is 6.10. The number of halogens is 6. The molecule has 0 atom stereocenters. The zero-order valence-electron chi connectivity index (χ0n) is 28.2. The monoisotopic (exact) mass is 736 g/mol. The second kappa shape index (κ2) is 13.3. The van der Waals surface area contributed by atoms with Crippen LogP contribution in [0.3, 0.4) is 0 Å². The van der Waals surface area contributed by atoms with E-state index in [4.69, 9.17) is 9.97 Å². The van der Waals surface area contributed by atoms with E-state index >= 15 is 0 Å². The average Bonchev–Trinajstić information content (AvgIpc) is 3.53. The number of hydrogen-bond donors (Lipinski definition) is 0. The van der Waals surface area contributed by atoms with Gasteiger partial charge < -0.3 is 4.57 Å². The van der Waals surface area contributed by atoms with Gasteiger partial charge in [-0.15, -0.1) is 0 Å². The lowest BCUT2D eigenvalue weighted by molar-refractivity contribution is -0.143. The number of alkyl halides is 6.